The minimum absolute atomic E-state index is 0.130. The predicted octanol–water partition coefficient (Wildman–Crippen LogP) is 1.97. The first-order chi connectivity index (χ1) is 10.2. The molecule has 0 fully saturated rings. The van der Waals surface area contributed by atoms with Crippen molar-refractivity contribution in [1.82, 2.24) is 19.9 Å². The van der Waals surface area contributed by atoms with E-state index in [4.69, 9.17) is 4.74 Å². The average Bonchev–Trinajstić information content (AvgIpc) is 2.82. The normalized spacial score (nSPS) is 11.0. The number of unbranched alkanes of at least 4 members (excludes halogenated alkanes) is 1. The highest BCUT2D eigenvalue weighted by Gasteiger charge is 2.17. The van der Waals surface area contributed by atoms with E-state index in [-0.39, 0.29) is 5.91 Å². The Morgan fingerprint density at radius 3 is 3.00 bits per heavy atom. The molecule has 2 rings (SSSR count). The minimum Gasteiger partial charge on any atom is -0.381 e. The Balaban J connectivity index is 1.84. The lowest BCUT2D eigenvalue weighted by Crippen LogP contribution is -2.26. The smallest absolute Gasteiger partial charge is 0.257 e. The lowest BCUT2D eigenvalue weighted by molar-refractivity contribution is 0.0941. The Labute approximate surface area is 124 Å². The zero-order chi connectivity index (χ0) is 15.1. The van der Waals surface area contributed by atoms with E-state index in [9.17, 15) is 4.79 Å². The second kappa shape index (κ2) is 7.73. The second-order valence-electron chi connectivity index (χ2n) is 4.92. The summed E-state index contributed by atoms with van der Waals surface area (Å²) in [6.45, 7) is 6.01. The molecule has 1 amide bonds. The molecule has 0 bridgehead atoms. The largest absolute Gasteiger partial charge is 0.381 e. The lowest BCUT2D eigenvalue weighted by Gasteiger charge is -2.05. The van der Waals surface area contributed by atoms with Gasteiger partial charge in [-0.05, 0) is 25.8 Å². The third kappa shape index (κ3) is 4.01. The summed E-state index contributed by atoms with van der Waals surface area (Å²) in [5.41, 5.74) is 1.82. The van der Waals surface area contributed by atoms with Gasteiger partial charge in [-0.1, -0.05) is 13.3 Å². The van der Waals surface area contributed by atoms with Gasteiger partial charge < -0.3 is 10.1 Å². The van der Waals surface area contributed by atoms with E-state index in [0.29, 0.717) is 30.1 Å². The summed E-state index contributed by atoms with van der Waals surface area (Å²) in [6, 6.07) is 1.79. The fourth-order valence-corrected chi connectivity index (χ4v) is 2.08. The molecule has 0 unspecified atom stereocenters. The standard InChI is InChI=1S/C15H22N4O2/c1-3-4-10-21-11-6-8-17-15(20)13-12(2)18-19-9-5-7-16-14(13)19/h5,7,9H,3-4,6,8,10-11H2,1-2H3,(H,17,20). The molecule has 0 aliphatic heterocycles. The SMILES string of the molecule is CCCCOCCCNC(=O)c1c(C)nn2cccnc12. The molecule has 0 saturated carbocycles. The quantitative estimate of drug-likeness (QED) is 0.755. The summed E-state index contributed by atoms with van der Waals surface area (Å²) in [5, 5.41) is 7.18. The summed E-state index contributed by atoms with van der Waals surface area (Å²) in [7, 11) is 0. The molecule has 6 nitrogen and oxygen atoms in total. The van der Waals surface area contributed by atoms with Crippen LogP contribution in [0.5, 0.6) is 0 Å². The Morgan fingerprint density at radius 1 is 1.38 bits per heavy atom. The summed E-state index contributed by atoms with van der Waals surface area (Å²) < 4.78 is 7.08. The zero-order valence-corrected chi connectivity index (χ0v) is 12.6. The number of hydrogen-bond acceptors (Lipinski definition) is 4. The number of amides is 1. The lowest BCUT2D eigenvalue weighted by atomic mass is 10.2. The monoisotopic (exact) mass is 290 g/mol. The fourth-order valence-electron chi connectivity index (χ4n) is 2.08. The van der Waals surface area contributed by atoms with Crippen molar-refractivity contribution in [3.63, 3.8) is 0 Å². The fraction of sp³-hybridized carbons (Fsp3) is 0.533. The number of carbonyl (C=O) groups is 1. The van der Waals surface area contributed by atoms with Gasteiger partial charge in [0.15, 0.2) is 5.65 Å². The van der Waals surface area contributed by atoms with E-state index in [1.54, 1.807) is 23.0 Å². The van der Waals surface area contributed by atoms with Gasteiger partial charge in [0.1, 0.15) is 5.56 Å². The molecule has 21 heavy (non-hydrogen) atoms. The van der Waals surface area contributed by atoms with Crippen LogP contribution in [0.2, 0.25) is 0 Å². The summed E-state index contributed by atoms with van der Waals surface area (Å²) in [6.07, 6.45) is 6.47. The third-order valence-electron chi connectivity index (χ3n) is 3.19. The topological polar surface area (TPSA) is 68.5 Å². The summed E-state index contributed by atoms with van der Waals surface area (Å²) in [5.74, 6) is -0.130. The molecule has 0 saturated heterocycles. The van der Waals surface area contributed by atoms with Crippen LogP contribution in [0.25, 0.3) is 5.65 Å². The molecule has 0 aromatic carbocycles. The van der Waals surface area contributed by atoms with Crippen LogP contribution in [0.1, 0.15) is 42.2 Å². The number of nitrogens with one attached hydrogen (secondary N) is 1. The number of nitrogens with zero attached hydrogens (tertiary/aromatic N) is 3. The van der Waals surface area contributed by atoms with E-state index >= 15 is 0 Å². The molecule has 2 heterocycles. The van der Waals surface area contributed by atoms with Crippen LogP contribution in [0, 0.1) is 6.92 Å². The van der Waals surface area contributed by atoms with Gasteiger partial charge in [-0.25, -0.2) is 9.50 Å². The first-order valence-corrected chi connectivity index (χ1v) is 7.40. The highest BCUT2D eigenvalue weighted by molar-refractivity contribution is 6.00. The van der Waals surface area contributed by atoms with Gasteiger partial charge in [0, 0.05) is 32.2 Å². The highest BCUT2D eigenvalue weighted by Crippen LogP contribution is 2.12. The highest BCUT2D eigenvalue weighted by atomic mass is 16.5. The molecule has 2 aromatic rings. The van der Waals surface area contributed by atoms with Crippen LogP contribution >= 0.6 is 0 Å². The molecule has 114 valence electrons. The minimum atomic E-state index is -0.130. The maximum absolute atomic E-state index is 12.2. The zero-order valence-electron chi connectivity index (χ0n) is 12.6. The van der Waals surface area contributed by atoms with Crippen LogP contribution in [-0.4, -0.2) is 40.3 Å². The molecule has 1 N–H and O–H groups in total. The molecule has 0 atom stereocenters. The van der Waals surface area contributed by atoms with Crippen molar-refractivity contribution in [1.29, 1.82) is 0 Å². The third-order valence-corrected chi connectivity index (χ3v) is 3.19. The molecule has 0 aliphatic rings. The van der Waals surface area contributed by atoms with E-state index in [1.165, 1.54) is 0 Å². The first kappa shape index (κ1) is 15.4. The Morgan fingerprint density at radius 2 is 2.19 bits per heavy atom. The first-order valence-electron chi connectivity index (χ1n) is 7.40. The molecule has 0 aliphatic carbocycles. The van der Waals surface area contributed by atoms with Gasteiger partial charge in [-0.3, -0.25) is 4.79 Å². The number of fused-ring (bicyclic) bond motifs is 1. The van der Waals surface area contributed by atoms with E-state index in [1.807, 2.05) is 6.92 Å². The predicted molar refractivity (Wildman–Crippen MR) is 80.4 cm³/mol. The van der Waals surface area contributed by atoms with Crippen molar-refractivity contribution in [3.05, 3.63) is 29.7 Å². The Hall–Kier alpha value is -1.95. The number of ether oxygens (including phenoxy) is 1. The second-order valence-corrected chi connectivity index (χ2v) is 4.92. The van der Waals surface area contributed by atoms with Crippen LogP contribution in [-0.2, 0) is 4.74 Å². The van der Waals surface area contributed by atoms with Crippen molar-refractivity contribution in [2.45, 2.75) is 33.1 Å². The van der Waals surface area contributed by atoms with Crippen molar-refractivity contribution >= 4 is 11.6 Å². The number of hydrogen-bond donors (Lipinski definition) is 1. The van der Waals surface area contributed by atoms with Gasteiger partial charge in [0.2, 0.25) is 0 Å². The summed E-state index contributed by atoms with van der Waals surface area (Å²) >= 11 is 0. The van der Waals surface area contributed by atoms with E-state index in [0.717, 1.165) is 25.9 Å². The van der Waals surface area contributed by atoms with Gasteiger partial charge in [-0.15, -0.1) is 0 Å². The molecule has 0 spiro atoms. The van der Waals surface area contributed by atoms with Gasteiger partial charge in [0.05, 0.1) is 5.69 Å². The molecule has 6 heteroatoms. The van der Waals surface area contributed by atoms with Crippen LogP contribution in [0.3, 0.4) is 0 Å². The number of carbonyl (C=O) groups excluding carboxylic acids is 1. The van der Waals surface area contributed by atoms with Crippen molar-refractivity contribution in [2.24, 2.45) is 0 Å². The number of rotatable bonds is 8. The van der Waals surface area contributed by atoms with Crippen molar-refractivity contribution < 1.29 is 9.53 Å². The summed E-state index contributed by atoms with van der Waals surface area (Å²) in [4.78, 5) is 16.4. The van der Waals surface area contributed by atoms with Crippen molar-refractivity contribution in [3.8, 4) is 0 Å². The maximum atomic E-state index is 12.2. The molecule has 0 radical (unpaired) electrons. The van der Waals surface area contributed by atoms with Crippen LogP contribution in [0.15, 0.2) is 18.5 Å². The molecular formula is C15H22N4O2. The molecule has 2 aromatic heterocycles. The Kier molecular flexibility index (Phi) is 5.68. The van der Waals surface area contributed by atoms with Gasteiger partial charge >= 0.3 is 0 Å². The number of aryl methyl sites for hydroxylation is 1. The van der Waals surface area contributed by atoms with E-state index < -0.39 is 0 Å². The van der Waals surface area contributed by atoms with Gasteiger partial charge in [-0.2, -0.15) is 5.10 Å². The van der Waals surface area contributed by atoms with Crippen LogP contribution in [0.4, 0.5) is 0 Å². The van der Waals surface area contributed by atoms with Crippen molar-refractivity contribution in [2.75, 3.05) is 19.8 Å². The van der Waals surface area contributed by atoms with E-state index in [2.05, 4.69) is 22.3 Å². The Bertz CT molecular complexity index is 594. The average molecular weight is 290 g/mol. The van der Waals surface area contributed by atoms with Gasteiger partial charge in [0.25, 0.3) is 5.91 Å². The molecular weight excluding hydrogens is 268 g/mol. The van der Waals surface area contributed by atoms with Crippen LogP contribution < -0.4 is 5.32 Å². The maximum Gasteiger partial charge on any atom is 0.257 e. The number of aromatic nitrogens is 3.